The van der Waals surface area contributed by atoms with Crippen molar-refractivity contribution < 1.29 is 13.2 Å². The second-order valence-electron chi connectivity index (χ2n) is 6.52. The smallest absolute Gasteiger partial charge is 0.281 e. The van der Waals surface area contributed by atoms with Crippen LogP contribution in [-0.2, 0) is 15.0 Å². The van der Waals surface area contributed by atoms with E-state index in [-0.39, 0.29) is 18.4 Å². The molecule has 0 spiro atoms. The molecular formula is C17H25N3O3S. The predicted molar refractivity (Wildman–Crippen MR) is 93.7 cm³/mol. The van der Waals surface area contributed by atoms with Crippen molar-refractivity contribution in [2.24, 2.45) is 5.92 Å². The minimum absolute atomic E-state index is 0.0975. The molecule has 7 heteroatoms. The summed E-state index contributed by atoms with van der Waals surface area (Å²) in [5, 5.41) is 2.89. The number of rotatable bonds is 4. The van der Waals surface area contributed by atoms with E-state index in [1.165, 1.54) is 4.31 Å². The molecule has 2 aliphatic rings. The Labute approximate surface area is 144 Å². The zero-order valence-electron chi connectivity index (χ0n) is 13.9. The van der Waals surface area contributed by atoms with Crippen LogP contribution >= 0.6 is 0 Å². The normalized spacial score (nSPS) is 23.8. The predicted octanol–water partition coefficient (Wildman–Crippen LogP) is 2.07. The molecule has 2 heterocycles. The number of hydrogen-bond acceptors (Lipinski definition) is 3. The van der Waals surface area contributed by atoms with E-state index in [1.54, 1.807) is 4.31 Å². The van der Waals surface area contributed by atoms with Gasteiger partial charge in [-0.05, 0) is 37.8 Å². The van der Waals surface area contributed by atoms with Crippen LogP contribution in [0.4, 0.5) is 5.69 Å². The highest BCUT2D eigenvalue weighted by molar-refractivity contribution is 7.86. The van der Waals surface area contributed by atoms with Crippen LogP contribution in [0.1, 0.15) is 32.1 Å². The summed E-state index contributed by atoms with van der Waals surface area (Å²) < 4.78 is 28.6. The van der Waals surface area contributed by atoms with Crippen molar-refractivity contribution in [2.75, 3.05) is 31.5 Å². The molecular weight excluding hydrogens is 326 g/mol. The van der Waals surface area contributed by atoms with E-state index in [0.29, 0.717) is 19.6 Å². The first-order chi connectivity index (χ1) is 11.6. The second-order valence-corrected chi connectivity index (χ2v) is 8.45. The highest BCUT2D eigenvalue weighted by Crippen LogP contribution is 2.24. The monoisotopic (exact) mass is 351 g/mol. The standard InChI is InChI=1S/C17H25N3O3S/c21-17(18-16-9-3-1-4-10-16)15-8-7-13-20(14-15)24(22,23)19-11-5-2-6-12-19/h1,3-4,9-10,15H,2,5-8,11-14H2,(H,18,21). The molecule has 1 amide bonds. The lowest BCUT2D eigenvalue weighted by atomic mass is 9.99. The quantitative estimate of drug-likeness (QED) is 0.903. The van der Waals surface area contributed by atoms with Gasteiger partial charge < -0.3 is 5.32 Å². The summed E-state index contributed by atoms with van der Waals surface area (Å²) in [6.45, 7) is 1.98. The van der Waals surface area contributed by atoms with Crippen LogP contribution in [0.2, 0.25) is 0 Å². The Bertz CT molecular complexity index is 657. The molecule has 2 aliphatic heterocycles. The summed E-state index contributed by atoms with van der Waals surface area (Å²) in [5.74, 6) is -0.390. The first kappa shape index (κ1) is 17.4. The summed E-state index contributed by atoms with van der Waals surface area (Å²) in [6, 6.07) is 9.29. The average molecular weight is 351 g/mol. The molecule has 0 aromatic heterocycles. The molecule has 1 unspecified atom stereocenters. The number of para-hydroxylation sites is 1. The van der Waals surface area contributed by atoms with Crippen molar-refractivity contribution in [2.45, 2.75) is 32.1 Å². The van der Waals surface area contributed by atoms with Crippen LogP contribution in [0.15, 0.2) is 30.3 Å². The van der Waals surface area contributed by atoms with E-state index in [1.807, 2.05) is 30.3 Å². The Hall–Kier alpha value is -1.44. The number of anilines is 1. The summed E-state index contributed by atoms with van der Waals surface area (Å²) in [7, 11) is -3.44. The van der Waals surface area contributed by atoms with E-state index in [9.17, 15) is 13.2 Å². The zero-order chi connectivity index (χ0) is 17.0. The van der Waals surface area contributed by atoms with E-state index >= 15 is 0 Å². The second kappa shape index (κ2) is 7.63. The van der Waals surface area contributed by atoms with Crippen LogP contribution < -0.4 is 5.32 Å². The topological polar surface area (TPSA) is 69.7 Å². The molecule has 1 aromatic rings. The fraction of sp³-hybridized carbons (Fsp3) is 0.588. The first-order valence-corrected chi connectivity index (χ1v) is 10.1. The molecule has 0 radical (unpaired) electrons. The van der Waals surface area contributed by atoms with Gasteiger partial charge in [0.25, 0.3) is 10.2 Å². The summed E-state index contributed by atoms with van der Waals surface area (Å²) in [6.07, 6.45) is 4.38. The highest BCUT2D eigenvalue weighted by Gasteiger charge is 2.36. The van der Waals surface area contributed by atoms with Crippen LogP contribution in [-0.4, -0.2) is 49.1 Å². The van der Waals surface area contributed by atoms with Gasteiger partial charge in [-0.2, -0.15) is 17.0 Å². The van der Waals surface area contributed by atoms with E-state index in [4.69, 9.17) is 0 Å². The molecule has 0 aliphatic carbocycles. The van der Waals surface area contributed by atoms with Crippen molar-refractivity contribution >= 4 is 21.8 Å². The number of nitrogens with one attached hydrogen (secondary N) is 1. The van der Waals surface area contributed by atoms with Gasteiger partial charge in [-0.3, -0.25) is 4.79 Å². The number of hydrogen-bond donors (Lipinski definition) is 1. The number of carbonyl (C=O) groups is 1. The Kier molecular flexibility index (Phi) is 5.53. The third kappa shape index (κ3) is 3.96. The van der Waals surface area contributed by atoms with Gasteiger partial charge in [-0.1, -0.05) is 24.6 Å². The Morgan fingerprint density at radius 2 is 1.62 bits per heavy atom. The van der Waals surface area contributed by atoms with E-state index in [0.717, 1.165) is 37.8 Å². The fourth-order valence-corrected chi connectivity index (χ4v) is 5.17. The molecule has 24 heavy (non-hydrogen) atoms. The number of amides is 1. The number of piperidine rings is 2. The molecule has 132 valence electrons. The zero-order valence-corrected chi connectivity index (χ0v) is 14.7. The molecule has 0 bridgehead atoms. The number of carbonyl (C=O) groups excluding carboxylic acids is 1. The largest absolute Gasteiger partial charge is 0.326 e. The molecule has 2 fully saturated rings. The van der Waals surface area contributed by atoms with Crippen LogP contribution in [0, 0.1) is 5.92 Å². The first-order valence-electron chi connectivity index (χ1n) is 8.68. The molecule has 6 nitrogen and oxygen atoms in total. The van der Waals surface area contributed by atoms with Gasteiger partial charge in [-0.15, -0.1) is 0 Å². The number of nitrogens with zero attached hydrogens (tertiary/aromatic N) is 2. The summed E-state index contributed by atoms with van der Waals surface area (Å²) in [4.78, 5) is 12.5. The molecule has 2 saturated heterocycles. The molecule has 1 N–H and O–H groups in total. The van der Waals surface area contributed by atoms with Gasteiger partial charge in [0.2, 0.25) is 5.91 Å². The van der Waals surface area contributed by atoms with Gasteiger partial charge in [0.05, 0.1) is 5.92 Å². The number of benzene rings is 1. The molecule has 1 aromatic carbocycles. The lowest BCUT2D eigenvalue weighted by Crippen LogP contribution is -2.50. The fourth-order valence-electron chi connectivity index (χ4n) is 3.39. The summed E-state index contributed by atoms with van der Waals surface area (Å²) >= 11 is 0. The summed E-state index contributed by atoms with van der Waals surface area (Å²) in [5.41, 5.74) is 0.749. The Morgan fingerprint density at radius 3 is 2.33 bits per heavy atom. The van der Waals surface area contributed by atoms with Crippen molar-refractivity contribution in [3.63, 3.8) is 0 Å². The molecule has 1 atom stereocenters. The van der Waals surface area contributed by atoms with Crippen LogP contribution in [0.25, 0.3) is 0 Å². The maximum absolute atomic E-state index is 12.8. The van der Waals surface area contributed by atoms with E-state index in [2.05, 4.69) is 5.32 Å². The van der Waals surface area contributed by atoms with E-state index < -0.39 is 10.2 Å². The van der Waals surface area contributed by atoms with Gasteiger partial charge in [0.1, 0.15) is 0 Å². The van der Waals surface area contributed by atoms with Crippen molar-refractivity contribution in [1.82, 2.24) is 8.61 Å². The minimum Gasteiger partial charge on any atom is -0.326 e. The SMILES string of the molecule is O=C(Nc1ccccc1)C1CCCN(S(=O)(=O)N2CCCCC2)C1. The van der Waals surface area contributed by atoms with Crippen molar-refractivity contribution in [3.8, 4) is 0 Å². The van der Waals surface area contributed by atoms with Gasteiger partial charge in [-0.25, -0.2) is 0 Å². The maximum Gasteiger partial charge on any atom is 0.281 e. The maximum atomic E-state index is 12.8. The van der Waals surface area contributed by atoms with Gasteiger partial charge in [0.15, 0.2) is 0 Å². The van der Waals surface area contributed by atoms with Crippen molar-refractivity contribution in [1.29, 1.82) is 0 Å². The lowest BCUT2D eigenvalue weighted by Gasteiger charge is -2.36. The minimum atomic E-state index is -3.44. The molecule has 3 rings (SSSR count). The van der Waals surface area contributed by atoms with Gasteiger partial charge in [0, 0.05) is 31.9 Å². The Morgan fingerprint density at radius 1 is 0.958 bits per heavy atom. The van der Waals surface area contributed by atoms with Gasteiger partial charge >= 0.3 is 0 Å². The molecule has 0 saturated carbocycles. The lowest BCUT2D eigenvalue weighted by molar-refractivity contribution is -0.120. The van der Waals surface area contributed by atoms with Crippen LogP contribution in [0.5, 0.6) is 0 Å². The van der Waals surface area contributed by atoms with Crippen LogP contribution in [0.3, 0.4) is 0 Å². The average Bonchev–Trinajstić information content (AvgIpc) is 2.63. The third-order valence-electron chi connectivity index (χ3n) is 4.76. The highest BCUT2D eigenvalue weighted by atomic mass is 32.2. The Balaban J connectivity index is 1.64. The third-order valence-corrected chi connectivity index (χ3v) is 6.77. The van der Waals surface area contributed by atoms with Crippen molar-refractivity contribution in [3.05, 3.63) is 30.3 Å².